The van der Waals surface area contributed by atoms with E-state index in [0.717, 1.165) is 5.56 Å². The van der Waals surface area contributed by atoms with E-state index < -0.39 is 5.79 Å². The van der Waals surface area contributed by atoms with Crippen molar-refractivity contribution in [2.45, 2.75) is 44.7 Å². The molecule has 5 nitrogen and oxygen atoms in total. The number of hydrogen-bond donors (Lipinski definition) is 0. The molecule has 1 saturated heterocycles. The van der Waals surface area contributed by atoms with Crippen LogP contribution in [0.5, 0.6) is 0 Å². The zero-order valence-electron chi connectivity index (χ0n) is 14.2. The molecule has 2 atom stereocenters. The largest absolute Gasteiger partial charge is 0.347 e. The van der Waals surface area contributed by atoms with Gasteiger partial charge < -0.3 is 9.47 Å². The van der Waals surface area contributed by atoms with Crippen LogP contribution in [0, 0.1) is 0 Å². The molecule has 2 rings (SSSR count). The first-order valence-electron chi connectivity index (χ1n) is 7.79. The van der Waals surface area contributed by atoms with Crippen molar-refractivity contribution >= 4 is 12.0 Å². The van der Waals surface area contributed by atoms with Crippen molar-refractivity contribution in [1.29, 1.82) is 0 Å². The summed E-state index contributed by atoms with van der Waals surface area (Å²) in [5.41, 5.74) is 1.12. The van der Waals surface area contributed by atoms with E-state index in [1.165, 1.54) is 12.2 Å². The molecule has 0 saturated carbocycles. The third kappa shape index (κ3) is 5.46. The summed E-state index contributed by atoms with van der Waals surface area (Å²) in [5, 5.41) is 1.22. The lowest BCUT2D eigenvalue weighted by molar-refractivity contribution is -0.290. The van der Waals surface area contributed by atoms with Gasteiger partial charge in [0.1, 0.15) is 0 Å². The van der Waals surface area contributed by atoms with Gasteiger partial charge in [-0.2, -0.15) is 0 Å². The van der Waals surface area contributed by atoms with Crippen molar-refractivity contribution in [3.8, 4) is 0 Å². The summed E-state index contributed by atoms with van der Waals surface area (Å²) < 4.78 is 11.8. The van der Waals surface area contributed by atoms with Crippen LogP contribution in [0.3, 0.4) is 0 Å². The van der Waals surface area contributed by atoms with Crippen LogP contribution in [0.25, 0.3) is 6.08 Å². The summed E-state index contributed by atoms with van der Waals surface area (Å²) in [5.74, 6) is -0.832. The minimum Gasteiger partial charge on any atom is -0.347 e. The van der Waals surface area contributed by atoms with Crippen LogP contribution in [0.1, 0.15) is 32.3 Å². The van der Waals surface area contributed by atoms with E-state index in [9.17, 15) is 4.79 Å². The third-order valence-corrected chi connectivity index (χ3v) is 3.71. The zero-order valence-corrected chi connectivity index (χ0v) is 14.2. The number of hydroxylamine groups is 2. The highest BCUT2D eigenvalue weighted by Crippen LogP contribution is 2.29. The average molecular weight is 319 g/mol. The van der Waals surface area contributed by atoms with Crippen molar-refractivity contribution in [1.82, 2.24) is 5.06 Å². The topological polar surface area (TPSA) is 48.0 Å². The second kappa shape index (κ2) is 7.73. The maximum Gasteiger partial charge on any atom is 0.248 e. The van der Waals surface area contributed by atoms with Gasteiger partial charge in [-0.25, -0.2) is 5.06 Å². The van der Waals surface area contributed by atoms with Crippen LogP contribution in [-0.2, 0) is 19.1 Å². The molecular weight excluding hydrogens is 294 g/mol. The second-order valence-electron chi connectivity index (χ2n) is 6.08. The number of carbonyl (C=O) groups is 1. The Hall–Kier alpha value is -1.69. The number of benzene rings is 1. The van der Waals surface area contributed by atoms with Crippen LogP contribution in [0.15, 0.2) is 36.4 Å². The fraction of sp³-hybridized carbons (Fsp3) is 0.500. The van der Waals surface area contributed by atoms with Gasteiger partial charge in [0.15, 0.2) is 5.79 Å². The summed E-state index contributed by atoms with van der Waals surface area (Å²) in [4.78, 5) is 16.9. The number of carbonyl (C=O) groups excluding carboxylic acids is 1. The van der Waals surface area contributed by atoms with Crippen molar-refractivity contribution in [3.63, 3.8) is 0 Å². The first-order chi connectivity index (χ1) is 10.9. The van der Waals surface area contributed by atoms with Gasteiger partial charge in [0.25, 0.3) is 0 Å². The molecule has 0 aromatic heterocycles. The van der Waals surface area contributed by atoms with E-state index in [-0.39, 0.29) is 24.5 Å². The van der Waals surface area contributed by atoms with Crippen molar-refractivity contribution < 1.29 is 19.1 Å². The molecule has 1 aromatic rings. The lowest BCUT2D eigenvalue weighted by atomic mass is 10.0. The molecule has 0 spiro atoms. The van der Waals surface area contributed by atoms with Crippen LogP contribution in [0.4, 0.5) is 0 Å². The van der Waals surface area contributed by atoms with Crippen molar-refractivity contribution in [3.05, 3.63) is 42.0 Å². The Kier molecular flexibility index (Phi) is 5.93. The fourth-order valence-electron chi connectivity index (χ4n) is 2.60. The lowest BCUT2D eigenvalue weighted by Crippen LogP contribution is -2.45. The first-order valence-corrected chi connectivity index (χ1v) is 7.79. The van der Waals surface area contributed by atoms with Crippen molar-refractivity contribution in [2.24, 2.45) is 0 Å². The Balaban J connectivity index is 2.01. The van der Waals surface area contributed by atoms with Crippen LogP contribution in [0.2, 0.25) is 0 Å². The third-order valence-electron chi connectivity index (χ3n) is 3.71. The lowest BCUT2D eigenvalue weighted by Gasteiger charge is -2.40. The fourth-order valence-corrected chi connectivity index (χ4v) is 2.60. The average Bonchev–Trinajstić information content (AvgIpc) is 2.51. The van der Waals surface area contributed by atoms with E-state index in [1.54, 1.807) is 7.05 Å². The predicted molar refractivity (Wildman–Crippen MR) is 88.3 cm³/mol. The Morgan fingerprint density at radius 3 is 2.70 bits per heavy atom. The summed E-state index contributed by atoms with van der Waals surface area (Å²) >= 11 is 0. The van der Waals surface area contributed by atoms with Gasteiger partial charge in [-0.15, -0.1) is 0 Å². The molecule has 126 valence electrons. The minimum absolute atomic E-state index is 0.0930. The number of hydrogen-bond acceptors (Lipinski definition) is 4. The SMILES string of the molecule is CON(C)C(=O)C[C@H]1C[C@@H](/C=C/c2ccccc2)OC(C)(C)O1. The molecule has 1 aromatic carbocycles. The first kappa shape index (κ1) is 17.7. The normalized spacial score (nSPS) is 23.8. The van der Waals surface area contributed by atoms with E-state index in [0.29, 0.717) is 6.42 Å². The van der Waals surface area contributed by atoms with Gasteiger partial charge >= 0.3 is 0 Å². The van der Waals surface area contributed by atoms with E-state index >= 15 is 0 Å². The zero-order chi connectivity index (χ0) is 16.9. The van der Waals surface area contributed by atoms with Crippen LogP contribution < -0.4 is 0 Å². The molecule has 0 unspecified atom stereocenters. The Labute approximate surface area is 137 Å². The van der Waals surface area contributed by atoms with Crippen LogP contribution in [-0.4, -0.2) is 43.1 Å². The van der Waals surface area contributed by atoms with Gasteiger partial charge in [0.05, 0.1) is 25.7 Å². The molecule has 1 heterocycles. The van der Waals surface area contributed by atoms with Gasteiger partial charge in [-0.1, -0.05) is 42.5 Å². The number of nitrogens with zero attached hydrogens (tertiary/aromatic N) is 1. The Morgan fingerprint density at radius 1 is 1.35 bits per heavy atom. The maximum atomic E-state index is 12.0. The maximum absolute atomic E-state index is 12.0. The number of ether oxygens (including phenoxy) is 2. The molecule has 1 aliphatic heterocycles. The van der Waals surface area contributed by atoms with Crippen molar-refractivity contribution in [2.75, 3.05) is 14.2 Å². The summed E-state index contributed by atoms with van der Waals surface area (Å²) in [6, 6.07) is 10.1. The molecule has 0 N–H and O–H groups in total. The smallest absolute Gasteiger partial charge is 0.248 e. The summed E-state index contributed by atoms with van der Waals surface area (Å²) in [6.07, 6.45) is 4.67. The van der Waals surface area contributed by atoms with E-state index in [2.05, 4.69) is 0 Å². The highest BCUT2D eigenvalue weighted by Gasteiger charge is 2.35. The van der Waals surface area contributed by atoms with E-state index in [4.69, 9.17) is 14.3 Å². The van der Waals surface area contributed by atoms with Crippen LogP contribution >= 0.6 is 0 Å². The monoisotopic (exact) mass is 319 g/mol. The summed E-state index contributed by atoms with van der Waals surface area (Å²) in [7, 11) is 3.07. The molecule has 1 aliphatic rings. The van der Waals surface area contributed by atoms with E-state index in [1.807, 2.05) is 56.3 Å². The molecule has 1 fully saturated rings. The standard InChI is InChI=1S/C18H25NO4/c1-18(2)22-15(11-10-14-8-6-5-7-9-14)12-16(23-18)13-17(20)19(3)21-4/h5-11,15-16H,12-13H2,1-4H3/b11-10+/t15-,16-/m1/s1. The van der Waals surface area contributed by atoms with Gasteiger partial charge in [0.2, 0.25) is 5.91 Å². The van der Waals surface area contributed by atoms with Gasteiger partial charge in [-0.05, 0) is 19.4 Å². The molecule has 5 heteroatoms. The minimum atomic E-state index is -0.722. The highest BCUT2D eigenvalue weighted by atomic mass is 16.7. The molecule has 0 radical (unpaired) electrons. The molecule has 0 bridgehead atoms. The Bertz CT molecular complexity index is 541. The number of amides is 1. The van der Waals surface area contributed by atoms with Gasteiger partial charge in [0, 0.05) is 13.5 Å². The highest BCUT2D eigenvalue weighted by molar-refractivity contribution is 5.75. The number of rotatable bonds is 5. The second-order valence-corrected chi connectivity index (χ2v) is 6.08. The molecular formula is C18H25NO4. The Morgan fingerprint density at radius 2 is 2.04 bits per heavy atom. The predicted octanol–water partition coefficient (Wildman–Crippen LogP) is 3.02. The molecule has 1 amide bonds. The molecule has 0 aliphatic carbocycles. The van der Waals surface area contributed by atoms with Gasteiger partial charge in [-0.3, -0.25) is 9.63 Å². The molecule has 23 heavy (non-hydrogen) atoms. The summed E-state index contributed by atoms with van der Waals surface area (Å²) in [6.45, 7) is 3.74. The quantitative estimate of drug-likeness (QED) is 0.783.